The molecule has 0 saturated carbocycles. The third kappa shape index (κ3) is 4.96. The van der Waals surface area contributed by atoms with Crippen LogP contribution in [0.3, 0.4) is 0 Å². The largest absolute Gasteiger partial charge is 0.457 e. The summed E-state index contributed by atoms with van der Waals surface area (Å²) in [6.07, 6.45) is 0. The molecule has 0 radical (unpaired) electrons. The van der Waals surface area contributed by atoms with E-state index < -0.39 is 5.41 Å². The summed E-state index contributed by atoms with van der Waals surface area (Å²) in [4.78, 5) is 10.7. The van der Waals surface area contributed by atoms with Gasteiger partial charge in [0.1, 0.15) is 23.1 Å². The fourth-order valence-electron chi connectivity index (χ4n) is 10.2. The average Bonchev–Trinajstić information content (AvgIpc) is 4.02. The standard InChI is InChI=1S/C57H36N4O/c1-3-17-41(18-4-1)60-51-27-13-11-25-49(51)58-55(60)39-33-38(34-40(35-39)56-59-50-26-12-14-28-52(50)61(56)42-19-5-2-6-20-42)37-31-32-46-44(36-37)43-21-7-8-22-45(43)57(46)47-23-9-15-29-53(47)62-54-30-16-10-24-48(54)57/h1-36H. The first-order valence-electron chi connectivity index (χ1n) is 21.1. The number of nitrogens with zero attached hydrogens (tertiary/aromatic N) is 4. The first kappa shape index (κ1) is 34.6. The summed E-state index contributed by atoms with van der Waals surface area (Å²) in [6, 6.07) is 77.7. The van der Waals surface area contributed by atoms with Gasteiger partial charge in [-0.05, 0) is 118 Å². The second kappa shape index (κ2) is 13.4. The average molecular weight is 793 g/mol. The molecule has 2 aliphatic rings. The minimum Gasteiger partial charge on any atom is -0.457 e. The predicted octanol–water partition coefficient (Wildman–Crippen LogP) is 13.8. The Morgan fingerprint density at radius 2 is 0.790 bits per heavy atom. The lowest BCUT2D eigenvalue weighted by atomic mass is 9.66. The van der Waals surface area contributed by atoms with Crippen molar-refractivity contribution in [3.8, 4) is 67.9 Å². The SMILES string of the molecule is c1ccc(-n2c(-c3cc(-c4ccc5c(c4)-c4ccccc4C54c5ccccc5Oc5ccccc54)cc(-c4nc5ccccc5n4-c4ccccc4)c3)nc3ccccc32)cc1. The van der Waals surface area contributed by atoms with Gasteiger partial charge in [0.2, 0.25) is 0 Å². The van der Waals surface area contributed by atoms with Crippen LogP contribution < -0.4 is 4.74 Å². The van der Waals surface area contributed by atoms with Crippen LogP contribution in [0.2, 0.25) is 0 Å². The molecule has 9 aromatic carbocycles. The molecular weight excluding hydrogens is 757 g/mol. The van der Waals surface area contributed by atoms with Gasteiger partial charge in [0, 0.05) is 33.6 Å². The molecule has 290 valence electrons. The Kier molecular flexibility index (Phi) is 7.45. The lowest BCUT2D eigenvalue weighted by Gasteiger charge is -2.39. The summed E-state index contributed by atoms with van der Waals surface area (Å²) in [5, 5.41) is 0. The zero-order valence-electron chi connectivity index (χ0n) is 33.5. The van der Waals surface area contributed by atoms with Crippen molar-refractivity contribution in [3.05, 3.63) is 241 Å². The molecule has 13 rings (SSSR count). The monoisotopic (exact) mass is 792 g/mol. The molecule has 0 amide bonds. The van der Waals surface area contributed by atoms with Crippen LogP contribution in [0.1, 0.15) is 22.3 Å². The van der Waals surface area contributed by atoms with Gasteiger partial charge < -0.3 is 4.74 Å². The number of rotatable bonds is 5. The van der Waals surface area contributed by atoms with Crippen molar-refractivity contribution < 1.29 is 4.74 Å². The van der Waals surface area contributed by atoms with Gasteiger partial charge in [-0.15, -0.1) is 0 Å². The van der Waals surface area contributed by atoms with Crippen molar-refractivity contribution in [2.45, 2.75) is 5.41 Å². The van der Waals surface area contributed by atoms with E-state index in [-0.39, 0.29) is 0 Å². The topological polar surface area (TPSA) is 44.9 Å². The predicted molar refractivity (Wildman–Crippen MR) is 249 cm³/mol. The number of ether oxygens (including phenoxy) is 1. The van der Waals surface area contributed by atoms with Crippen molar-refractivity contribution in [3.63, 3.8) is 0 Å². The van der Waals surface area contributed by atoms with E-state index in [1.165, 1.54) is 22.3 Å². The van der Waals surface area contributed by atoms with Crippen LogP contribution in [0.5, 0.6) is 11.5 Å². The normalized spacial score (nSPS) is 13.1. The molecule has 1 aliphatic carbocycles. The lowest BCUT2D eigenvalue weighted by Crippen LogP contribution is -2.32. The Bertz CT molecular complexity index is 3380. The number of hydrogen-bond acceptors (Lipinski definition) is 3. The Balaban J connectivity index is 1.09. The van der Waals surface area contributed by atoms with Crippen LogP contribution in [-0.4, -0.2) is 19.1 Å². The Morgan fingerprint density at radius 3 is 1.37 bits per heavy atom. The van der Waals surface area contributed by atoms with Crippen molar-refractivity contribution in [2.75, 3.05) is 0 Å². The van der Waals surface area contributed by atoms with Crippen LogP contribution in [0.4, 0.5) is 0 Å². The Hall–Kier alpha value is -8.28. The van der Waals surface area contributed by atoms with E-state index in [9.17, 15) is 0 Å². The van der Waals surface area contributed by atoms with Gasteiger partial charge in [0.25, 0.3) is 0 Å². The molecule has 5 heteroatoms. The molecule has 0 fully saturated rings. The number of imidazole rings is 2. The number of fused-ring (bicyclic) bond motifs is 11. The molecular formula is C57H36N4O. The number of hydrogen-bond donors (Lipinski definition) is 0. The van der Waals surface area contributed by atoms with Crippen LogP contribution >= 0.6 is 0 Å². The second-order valence-corrected chi connectivity index (χ2v) is 16.1. The van der Waals surface area contributed by atoms with Gasteiger partial charge in [0.15, 0.2) is 0 Å². The first-order chi connectivity index (χ1) is 30.7. The summed E-state index contributed by atoms with van der Waals surface area (Å²) in [5.74, 6) is 3.50. The molecule has 1 aliphatic heterocycles. The van der Waals surface area contributed by atoms with E-state index >= 15 is 0 Å². The van der Waals surface area contributed by atoms with Crippen LogP contribution in [0, 0.1) is 0 Å². The quantitative estimate of drug-likeness (QED) is 0.174. The highest BCUT2D eigenvalue weighted by molar-refractivity contribution is 5.93. The molecule has 5 nitrogen and oxygen atoms in total. The zero-order chi connectivity index (χ0) is 40.8. The molecule has 11 aromatic rings. The van der Waals surface area contributed by atoms with Crippen LogP contribution in [0.15, 0.2) is 218 Å². The minimum absolute atomic E-state index is 0.538. The maximum absolute atomic E-state index is 6.61. The van der Waals surface area contributed by atoms with E-state index in [1.807, 2.05) is 0 Å². The van der Waals surface area contributed by atoms with E-state index in [1.54, 1.807) is 0 Å². The van der Waals surface area contributed by atoms with Gasteiger partial charge in [-0.1, -0.05) is 133 Å². The molecule has 0 saturated heterocycles. The maximum Gasteiger partial charge on any atom is 0.145 e. The van der Waals surface area contributed by atoms with Crippen LogP contribution in [-0.2, 0) is 5.41 Å². The molecule has 3 heterocycles. The van der Waals surface area contributed by atoms with Crippen molar-refractivity contribution >= 4 is 22.1 Å². The van der Waals surface area contributed by atoms with Crippen molar-refractivity contribution in [1.82, 2.24) is 19.1 Å². The Labute approximate surface area is 358 Å². The number of benzene rings is 9. The molecule has 0 bridgehead atoms. The van der Waals surface area contributed by atoms with Gasteiger partial charge >= 0.3 is 0 Å². The lowest BCUT2D eigenvalue weighted by molar-refractivity contribution is 0.436. The molecule has 0 atom stereocenters. The number of aromatic nitrogens is 4. The van der Waals surface area contributed by atoms with Crippen molar-refractivity contribution in [2.24, 2.45) is 0 Å². The highest BCUT2D eigenvalue weighted by Crippen LogP contribution is 2.62. The molecule has 62 heavy (non-hydrogen) atoms. The fraction of sp³-hybridized carbons (Fsp3) is 0.0175. The fourth-order valence-corrected chi connectivity index (χ4v) is 10.2. The summed E-state index contributed by atoms with van der Waals surface area (Å²) < 4.78 is 11.2. The molecule has 0 unspecified atom stereocenters. The van der Waals surface area contributed by atoms with Gasteiger partial charge in [-0.3, -0.25) is 9.13 Å². The first-order valence-corrected chi connectivity index (χ1v) is 21.1. The smallest absolute Gasteiger partial charge is 0.145 e. The van der Waals surface area contributed by atoms with Crippen molar-refractivity contribution in [1.29, 1.82) is 0 Å². The second-order valence-electron chi connectivity index (χ2n) is 16.1. The summed E-state index contributed by atoms with van der Waals surface area (Å²) >= 11 is 0. The molecule has 2 aromatic heterocycles. The van der Waals surface area contributed by atoms with E-state index in [2.05, 4.69) is 228 Å². The highest BCUT2D eigenvalue weighted by atomic mass is 16.5. The van der Waals surface area contributed by atoms with E-state index in [0.717, 1.165) is 90.0 Å². The molecule has 1 spiro atoms. The minimum atomic E-state index is -0.538. The Morgan fingerprint density at radius 1 is 0.339 bits per heavy atom. The molecule has 0 N–H and O–H groups in total. The van der Waals surface area contributed by atoms with E-state index in [0.29, 0.717) is 0 Å². The third-order valence-corrected chi connectivity index (χ3v) is 12.8. The summed E-state index contributed by atoms with van der Waals surface area (Å²) in [7, 11) is 0. The van der Waals surface area contributed by atoms with Gasteiger partial charge in [-0.2, -0.15) is 0 Å². The summed E-state index contributed by atoms with van der Waals surface area (Å²) in [6.45, 7) is 0. The van der Waals surface area contributed by atoms with E-state index in [4.69, 9.17) is 14.7 Å². The zero-order valence-corrected chi connectivity index (χ0v) is 33.5. The van der Waals surface area contributed by atoms with Crippen LogP contribution in [0.25, 0.3) is 78.5 Å². The number of para-hydroxylation sites is 8. The summed E-state index contributed by atoms with van der Waals surface area (Å²) in [5.41, 5.74) is 17.0. The van der Waals surface area contributed by atoms with Gasteiger partial charge in [-0.25, -0.2) is 9.97 Å². The maximum atomic E-state index is 6.61. The third-order valence-electron chi connectivity index (χ3n) is 12.8. The van der Waals surface area contributed by atoms with Gasteiger partial charge in [0.05, 0.1) is 27.5 Å². The highest BCUT2D eigenvalue weighted by Gasteiger charge is 2.51.